The topological polar surface area (TPSA) is 61.1 Å². The quantitative estimate of drug-likeness (QED) is 0.651. The van der Waals surface area contributed by atoms with E-state index < -0.39 is 5.97 Å². The molecule has 3 heteroatoms. The molecule has 1 N–H and O–H groups in total. The summed E-state index contributed by atoms with van der Waals surface area (Å²) in [6, 6.07) is 1.82. The summed E-state index contributed by atoms with van der Waals surface area (Å²) in [5.74, 6) is -0.560. The van der Waals surface area contributed by atoms with E-state index in [-0.39, 0.29) is 12.0 Å². The monoisotopic (exact) mass is 167 g/mol. The molecule has 0 aliphatic carbocycles. The fourth-order valence-corrected chi connectivity index (χ4v) is 0.698. The van der Waals surface area contributed by atoms with E-state index in [0.717, 1.165) is 0 Å². The lowest BCUT2D eigenvalue weighted by Crippen LogP contribution is -2.00. The molecule has 0 bridgehead atoms. The molecule has 0 aromatic heterocycles. The molecule has 0 heterocycles. The summed E-state index contributed by atoms with van der Waals surface area (Å²) in [4.78, 5) is 10.5. The van der Waals surface area contributed by atoms with Crippen LogP contribution in [-0.4, -0.2) is 11.1 Å². The zero-order valence-corrected chi connectivity index (χ0v) is 7.37. The highest BCUT2D eigenvalue weighted by molar-refractivity contribution is 5.86. The van der Waals surface area contributed by atoms with Crippen molar-refractivity contribution in [2.75, 3.05) is 0 Å². The molecule has 0 aliphatic heterocycles. The minimum absolute atomic E-state index is 0.0119. The summed E-state index contributed by atoms with van der Waals surface area (Å²) in [5.41, 5.74) is 0.200. The number of nitrogens with zero attached hydrogens (tertiary/aromatic N) is 1. The molecule has 0 fully saturated rings. The second kappa shape index (κ2) is 5.36. The van der Waals surface area contributed by atoms with E-state index in [0.29, 0.717) is 12.3 Å². The van der Waals surface area contributed by atoms with Crippen molar-refractivity contribution in [2.24, 2.45) is 5.92 Å². The van der Waals surface area contributed by atoms with Gasteiger partial charge in [0.15, 0.2) is 0 Å². The van der Waals surface area contributed by atoms with Crippen LogP contribution in [0.15, 0.2) is 11.6 Å². The van der Waals surface area contributed by atoms with Crippen molar-refractivity contribution in [3.63, 3.8) is 0 Å². The number of allylic oxidation sites excluding steroid dienone is 1. The predicted molar refractivity (Wildman–Crippen MR) is 45.4 cm³/mol. The number of carboxylic acid groups (broad SMARTS) is 1. The number of rotatable bonds is 4. The van der Waals surface area contributed by atoms with Crippen molar-refractivity contribution in [3.05, 3.63) is 11.6 Å². The smallest absolute Gasteiger partial charge is 0.332 e. The van der Waals surface area contributed by atoms with Crippen LogP contribution in [0.2, 0.25) is 0 Å². The number of hydrogen-bond acceptors (Lipinski definition) is 2. The lowest BCUT2D eigenvalue weighted by molar-refractivity contribution is -0.132. The first-order valence-electron chi connectivity index (χ1n) is 3.87. The highest BCUT2D eigenvalue weighted by atomic mass is 16.4. The average Bonchev–Trinajstić information content (AvgIpc) is 1.96. The van der Waals surface area contributed by atoms with Gasteiger partial charge in [0.25, 0.3) is 0 Å². The first-order chi connectivity index (χ1) is 5.57. The Labute approximate surface area is 72.3 Å². The Kier molecular flexibility index (Phi) is 4.78. The predicted octanol–water partition coefficient (Wildman–Crippen LogP) is 1.96. The third-order valence-corrected chi connectivity index (χ3v) is 1.38. The van der Waals surface area contributed by atoms with E-state index in [4.69, 9.17) is 10.4 Å². The van der Waals surface area contributed by atoms with Crippen molar-refractivity contribution < 1.29 is 9.90 Å². The summed E-state index contributed by atoms with van der Waals surface area (Å²) >= 11 is 0. The lowest BCUT2D eigenvalue weighted by Gasteiger charge is -1.99. The van der Waals surface area contributed by atoms with Gasteiger partial charge in [0.05, 0.1) is 12.5 Å². The molecule has 0 radical (unpaired) electrons. The molecule has 0 unspecified atom stereocenters. The molecule has 3 nitrogen and oxygen atoms in total. The Morgan fingerprint density at radius 1 is 1.67 bits per heavy atom. The third kappa shape index (κ3) is 4.51. The number of nitriles is 1. The van der Waals surface area contributed by atoms with Crippen LogP contribution >= 0.6 is 0 Å². The van der Waals surface area contributed by atoms with Crippen molar-refractivity contribution in [1.29, 1.82) is 5.26 Å². The Morgan fingerprint density at radius 2 is 2.25 bits per heavy atom. The summed E-state index contributed by atoms with van der Waals surface area (Å²) in [7, 11) is 0. The van der Waals surface area contributed by atoms with E-state index in [9.17, 15) is 4.79 Å². The number of hydrogen-bond donors (Lipinski definition) is 1. The van der Waals surface area contributed by atoms with Crippen molar-refractivity contribution in [1.82, 2.24) is 0 Å². The molecular formula is C9H13NO2. The number of aliphatic carboxylic acids is 1. The molecule has 0 saturated heterocycles. The first-order valence-corrected chi connectivity index (χ1v) is 3.87. The zero-order valence-electron chi connectivity index (χ0n) is 7.37. The highest BCUT2D eigenvalue weighted by Crippen LogP contribution is 2.07. The Hall–Kier alpha value is -1.30. The molecule has 0 saturated carbocycles. The van der Waals surface area contributed by atoms with E-state index in [1.807, 2.05) is 19.9 Å². The van der Waals surface area contributed by atoms with Gasteiger partial charge in [0, 0.05) is 5.57 Å². The van der Waals surface area contributed by atoms with Crippen molar-refractivity contribution in [2.45, 2.75) is 26.7 Å². The number of carboxylic acids is 1. The normalized spacial score (nSPS) is 11.3. The molecule has 12 heavy (non-hydrogen) atoms. The highest BCUT2D eigenvalue weighted by Gasteiger charge is 2.05. The van der Waals surface area contributed by atoms with Gasteiger partial charge >= 0.3 is 5.97 Å². The van der Waals surface area contributed by atoms with Gasteiger partial charge in [-0.2, -0.15) is 5.26 Å². The maximum Gasteiger partial charge on any atom is 0.332 e. The summed E-state index contributed by atoms with van der Waals surface area (Å²) in [6.07, 6.45) is 2.32. The summed E-state index contributed by atoms with van der Waals surface area (Å²) in [6.45, 7) is 4.00. The fourth-order valence-electron chi connectivity index (χ4n) is 0.698. The van der Waals surface area contributed by atoms with Gasteiger partial charge < -0.3 is 5.11 Å². The lowest BCUT2D eigenvalue weighted by atomic mass is 10.1. The van der Waals surface area contributed by atoms with Gasteiger partial charge in [-0.25, -0.2) is 4.79 Å². The van der Waals surface area contributed by atoms with Crippen LogP contribution in [0.4, 0.5) is 0 Å². The maximum absolute atomic E-state index is 10.5. The van der Waals surface area contributed by atoms with Gasteiger partial charge in [0.2, 0.25) is 0 Å². The van der Waals surface area contributed by atoms with Crippen LogP contribution in [0.5, 0.6) is 0 Å². The van der Waals surface area contributed by atoms with Gasteiger partial charge in [-0.1, -0.05) is 19.9 Å². The fraction of sp³-hybridized carbons (Fsp3) is 0.556. The number of carbonyl (C=O) groups is 1. The minimum atomic E-state index is -0.989. The van der Waals surface area contributed by atoms with Gasteiger partial charge in [-0.3, -0.25) is 0 Å². The van der Waals surface area contributed by atoms with Crippen LogP contribution in [0.1, 0.15) is 26.7 Å². The molecule has 66 valence electrons. The van der Waals surface area contributed by atoms with Gasteiger partial charge in [-0.05, 0) is 12.3 Å². The van der Waals surface area contributed by atoms with Crippen LogP contribution in [0.25, 0.3) is 0 Å². The zero-order chi connectivity index (χ0) is 9.56. The van der Waals surface area contributed by atoms with E-state index >= 15 is 0 Å². The largest absolute Gasteiger partial charge is 0.478 e. The Morgan fingerprint density at radius 3 is 2.58 bits per heavy atom. The first kappa shape index (κ1) is 10.7. The van der Waals surface area contributed by atoms with Crippen LogP contribution in [0, 0.1) is 17.2 Å². The van der Waals surface area contributed by atoms with Crippen molar-refractivity contribution in [3.8, 4) is 6.07 Å². The minimum Gasteiger partial charge on any atom is -0.478 e. The molecule has 0 aromatic carbocycles. The Bertz CT molecular complexity index is 223. The van der Waals surface area contributed by atoms with E-state index in [2.05, 4.69) is 0 Å². The molecule has 0 aromatic rings. The van der Waals surface area contributed by atoms with E-state index in [1.54, 1.807) is 6.08 Å². The summed E-state index contributed by atoms with van der Waals surface area (Å²) < 4.78 is 0. The van der Waals surface area contributed by atoms with Crippen molar-refractivity contribution >= 4 is 5.97 Å². The van der Waals surface area contributed by atoms with Crippen LogP contribution < -0.4 is 0 Å². The van der Waals surface area contributed by atoms with Gasteiger partial charge in [-0.15, -0.1) is 0 Å². The molecule has 0 amide bonds. The SMILES string of the molecule is CC(C)CC=C(CC#N)C(=O)O. The molecule has 0 aliphatic rings. The Balaban J connectivity index is 4.21. The van der Waals surface area contributed by atoms with Gasteiger partial charge in [0.1, 0.15) is 0 Å². The van der Waals surface area contributed by atoms with Crippen LogP contribution in [0.3, 0.4) is 0 Å². The molecule has 0 spiro atoms. The second-order valence-corrected chi connectivity index (χ2v) is 3.00. The maximum atomic E-state index is 10.5. The average molecular weight is 167 g/mol. The summed E-state index contributed by atoms with van der Waals surface area (Å²) in [5, 5.41) is 16.9. The third-order valence-electron chi connectivity index (χ3n) is 1.38. The second-order valence-electron chi connectivity index (χ2n) is 3.00. The molecule has 0 rings (SSSR count). The molecular weight excluding hydrogens is 154 g/mol. The van der Waals surface area contributed by atoms with Crippen LogP contribution in [-0.2, 0) is 4.79 Å². The van der Waals surface area contributed by atoms with E-state index in [1.165, 1.54) is 0 Å². The molecule has 0 atom stereocenters. The standard InChI is InChI=1S/C9H13NO2/c1-7(2)3-4-8(5-6-10)9(11)12/h4,7H,3,5H2,1-2H3,(H,11,12).